The molecule has 0 spiro atoms. The summed E-state index contributed by atoms with van der Waals surface area (Å²) in [5.41, 5.74) is 2.88. The summed E-state index contributed by atoms with van der Waals surface area (Å²) in [6.07, 6.45) is 0.383. The van der Waals surface area contributed by atoms with Gasteiger partial charge in [0.15, 0.2) is 5.17 Å². The van der Waals surface area contributed by atoms with Crippen LogP contribution in [0.1, 0.15) is 30.0 Å². The molecule has 1 amide bonds. The summed E-state index contributed by atoms with van der Waals surface area (Å²) in [5.74, 6) is -1.45. The second kappa shape index (κ2) is 7.77. The predicted molar refractivity (Wildman–Crippen MR) is 110 cm³/mol. The van der Waals surface area contributed by atoms with Crippen LogP contribution < -0.4 is 0 Å². The molecule has 2 heterocycles. The van der Waals surface area contributed by atoms with Gasteiger partial charge in [-0.05, 0) is 23.3 Å². The number of hydrazone groups is 1. The summed E-state index contributed by atoms with van der Waals surface area (Å²) in [7, 11) is 0. The molecule has 0 bridgehead atoms. The lowest BCUT2D eigenvalue weighted by atomic mass is 9.99. The number of hydrogen-bond donors (Lipinski definition) is 1. The Labute approximate surface area is 170 Å². The Bertz CT molecular complexity index is 976. The summed E-state index contributed by atoms with van der Waals surface area (Å²) in [6, 6.07) is 17.2. The molecule has 2 unspecified atom stereocenters. The second-order valence-electron chi connectivity index (χ2n) is 6.47. The molecular weight excluding hydrogens is 398 g/mol. The molecule has 2 atom stereocenters. The number of amides is 1. The molecule has 0 saturated heterocycles. The van der Waals surface area contributed by atoms with E-state index < -0.39 is 17.1 Å². The molecule has 142 valence electrons. The zero-order valence-electron chi connectivity index (χ0n) is 14.7. The lowest BCUT2D eigenvalue weighted by molar-refractivity contribution is -0.138. The minimum Gasteiger partial charge on any atom is -0.481 e. The number of hydrogen-bond acceptors (Lipinski definition) is 5. The van der Waals surface area contributed by atoms with Crippen LogP contribution in [0.5, 0.6) is 0 Å². The molecule has 0 aliphatic carbocycles. The maximum absolute atomic E-state index is 12.2. The topological polar surface area (TPSA) is 82.3 Å². The molecule has 2 aromatic rings. The summed E-state index contributed by atoms with van der Waals surface area (Å²) < 4.78 is 0. The van der Waals surface area contributed by atoms with E-state index >= 15 is 0 Å². The molecule has 0 fully saturated rings. The van der Waals surface area contributed by atoms with Crippen molar-refractivity contribution in [2.24, 2.45) is 10.1 Å². The zero-order valence-corrected chi connectivity index (χ0v) is 16.2. The molecule has 8 heteroatoms. The molecule has 0 aromatic heterocycles. The average Bonchev–Trinajstić information content (AvgIpc) is 3.27. The van der Waals surface area contributed by atoms with Crippen molar-refractivity contribution in [2.75, 3.05) is 0 Å². The van der Waals surface area contributed by atoms with E-state index in [2.05, 4.69) is 4.99 Å². The number of carbonyl (C=O) groups is 2. The highest BCUT2D eigenvalue weighted by molar-refractivity contribution is 8.15. The van der Waals surface area contributed by atoms with Gasteiger partial charge in [0, 0.05) is 11.4 Å². The van der Waals surface area contributed by atoms with E-state index in [-0.39, 0.29) is 12.5 Å². The van der Waals surface area contributed by atoms with Crippen molar-refractivity contribution in [1.82, 2.24) is 5.01 Å². The number of benzene rings is 2. The highest BCUT2D eigenvalue weighted by atomic mass is 35.5. The molecule has 4 rings (SSSR count). The lowest BCUT2D eigenvalue weighted by Crippen LogP contribution is -2.24. The summed E-state index contributed by atoms with van der Waals surface area (Å²) >= 11 is 7.18. The van der Waals surface area contributed by atoms with Gasteiger partial charge in [-0.15, -0.1) is 0 Å². The first kappa shape index (κ1) is 18.7. The van der Waals surface area contributed by atoms with Gasteiger partial charge in [0.2, 0.25) is 0 Å². The normalized spacial score (nSPS) is 21.6. The monoisotopic (exact) mass is 413 g/mol. The summed E-state index contributed by atoms with van der Waals surface area (Å²) in [5, 5.41) is 15.8. The van der Waals surface area contributed by atoms with E-state index in [1.54, 1.807) is 5.01 Å². The molecule has 2 aliphatic rings. The molecule has 6 nitrogen and oxygen atoms in total. The van der Waals surface area contributed by atoms with E-state index in [1.807, 2.05) is 54.6 Å². The Balaban J connectivity index is 1.67. The quantitative estimate of drug-likeness (QED) is 0.820. The standard InChI is InChI=1S/C20H16ClN3O3S/c21-14-8-6-13(7-9-14)16-10-15(12-4-2-1-3-5-12)23-24(16)20-22-19(27)17(28-20)11-18(25)26/h1-9,16-17H,10-11H2,(H,25,26). The fourth-order valence-electron chi connectivity index (χ4n) is 3.20. The van der Waals surface area contributed by atoms with Gasteiger partial charge in [0.1, 0.15) is 5.25 Å². The Kier molecular flexibility index (Phi) is 5.19. The number of carbonyl (C=O) groups excluding carboxylic acids is 1. The summed E-state index contributed by atoms with van der Waals surface area (Å²) in [4.78, 5) is 27.3. The van der Waals surface area contributed by atoms with Crippen molar-refractivity contribution in [3.63, 3.8) is 0 Å². The Morgan fingerprint density at radius 3 is 2.57 bits per heavy atom. The number of carboxylic acids is 1. The third-order valence-electron chi connectivity index (χ3n) is 4.56. The minimum atomic E-state index is -1.02. The number of aliphatic imine (C=N–C) groups is 1. The van der Waals surface area contributed by atoms with Gasteiger partial charge >= 0.3 is 5.97 Å². The van der Waals surface area contributed by atoms with E-state index in [9.17, 15) is 9.59 Å². The Hall–Kier alpha value is -2.64. The third-order valence-corrected chi connectivity index (χ3v) is 5.95. The first-order valence-corrected chi connectivity index (χ1v) is 9.95. The Morgan fingerprint density at radius 1 is 1.18 bits per heavy atom. The molecule has 0 radical (unpaired) electrons. The number of rotatable bonds is 4. The van der Waals surface area contributed by atoms with Gasteiger partial charge in [0.25, 0.3) is 5.91 Å². The molecule has 1 N–H and O–H groups in total. The van der Waals surface area contributed by atoms with Crippen molar-refractivity contribution in [3.8, 4) is 0 Å². The van der Waals surface area contributed by atoms with E-state index in [4.69, 9.17) is 21.8 Å². The van der Waals surface area contributed by atoms with Gasteiger partial charge in [0.05, 0.1) is 18.2 Å². The fourth-order valence-corrected chi connectivity index (χ4v) is 4.38. The van der Waals surface area contributed by atoms with Gasteiger partial charge in [-0.25, -0.2) is 5.01 Å². The van der Waals surface area contributed by atoms with Crippen molar-refractivity contribution in [3.05, 3.63) is 70.7 Å². The molecule has 0 saturated carbocycles. The van der Waals surface area contributed by atoms with Crippen molar-refractivity contribution >= 4 is 46.1 Å². The number of aliphatic carboxylic acids is 1. The van der Waals surface area contributed by atoms with Crippen LogP contribution in [0, 0.1) is 0 Å². The molecule has 2 aromatic carbocycles. The van der Waals surface area contributed by atoms with E-state index in [0.29, 0.717) is 16.6 Å². The van der Waals surface area contributed by atoms with Crippen LogP contribution in [-0.2, 0) is 9.59 Å². The first-order valence-electron chi connectivity index (χ1n) is 8.70. The van der Waals surface area contributed by atoms with Gasteiger partial charge in [-0.3, -0.25) is 9.59 Å². The molecule has 2 aliphatic heterocycles. The smallest absolute Gasteiger partial charge is 0.305 e. The maximum Gasteiger partial charge on any atom is 0.305 e. The summed E-state index contributed by atoms with van der Waals surface area (Å²) in [6.45, 7) is 0. The van der Waals surface area contributed by atoms with Gasteiger partial charge < -0.3 is 5.11 Å². The fraction of sp³-hybridized carbons (Fsp3) is 0.200. The van der Waals surface area contributed by atoms with Crippen LogP contribution in [0.25, 0.3) is 0 Å². The Morgan fingerprint density at radius 2 is 1.89 bits per heavy atom. The van der Waals surface area contributed by atoms with Crippen molar-refractivity contribution in [2.45, 2.75) is 24.1 Å². The molecule has 28 heavy (non-hydrogen) atoms. The lowest BCUT2D eigenvalue weighted by Gasteiger charge is -2.23. The van der Waals surface area contributed by atoms with Crippen LogP contribution in [0.15, 0.2) is 64.7 Å². The second-order valence-corrected chi connectivity index (χ2v) is 8.07. The zero-order chi connectivity index (χ0) is 19.7. The number of carboxylic acid groups (broad SMARTS) is 1. The molecular formula is C20H16ClN3O3S. The average molecular weight is 414 g/mol. The predicted octanol–water partition coefficient (Wildman–Crippen LogP) is 3.96. The van der Waals surface area contributed by atoms with Crippen molar-refractivity contribution in [1.29, 1.82) is 0 Å². The van der Waals surface area contributed by atoms with E-state index in [1.165, 1.54) is 0 Å². The number of amidine groups is 1. The van der Waals surface area contributed by atoms with Crippen LogP contribution in [0.3, 0.4) is 0 Å². The van der Waals surface area contributed by atoms with Crippen LogP contribution in [0.2, 0.25) is 5.02 Å². The largest absolute Gasteiger partial charge is 0.481 e. The number of thioether (sulfide) groups is 1. The van der Waals surface area contributed by atoms with Crippen LogP contribution >= 0.6 is 23.4 Å². The van der Waals surface area contributed by atoms with Gasteiger partial charge in [-0.2, -0.15) is 10.1 Å². The highest BCUT2D eigenvalue weighted by Crippen LogP contribution is 2.38. The number of nitrogens with zero attached hydrogens (tertiary/aromatic N) is 3. The first-order chi connectivity index (χ1) is 13.5. The van der Waals surface area contributed by atoms with Crippen LogP contribution in [0.4, 0.5) is 0 Å². The van der Waals surface area contributed by atoms with Crippen molar-refractivity contribution < 1.29 is 14.7 Å². The highest BCUT2D eigenvalue weighted by Gasteiger charge is 2.39. The SMILES string of the molecule is O=C(O)CC1SC(N2N=C(c3ccccc3)CC2c2ccc(Cl)cc2)=NC1=O. The maximum atomic E-state index is 12.2. The van der Waals surface area contributed by atoms with Gasteiger partial charge in [-0.1, -0.05) is 65.8 Å². The minimum absolute atomic E-state index is 0.143. The van der Waals surface area contributed by atoms with E-state index in [0.717, 1.165) is 28.6 Å². The van der Waals surface area contributed by atoms with Crippen LogP contribution in [-0.4, -0.2) is 38.1 Å². The number of halogens is 1. The third kappa shape index (κ3) is 3.81.